The Kier molecular flexibility index (Phi) is 7.06. The molecule has 0 spiro atoms. The van der Waals surface area contributed by atoms with E-state index in [2.05, 4.69) is 10.0 Å². The van der Waals surface area contributed by atoms with Crippen molar-refractivity contribution in [1.82, 2.24) is 14.3 Å². The third-order valence-electron chi connectivity index (χ3n) is 5.74. The number of nitrogens with one attached hydrogen (secondary N) is 2. The van der Waals surface area contributed by atoms with E-state index in [0.29, 0.717) is 30.6 Å². The highest BCUT2D eigenvalue weighted by atomic mass is 32.2. The highest BCUT2D eigenvalue weighted by Gasteiger charge is 2.26. The standard InChI is InChI=1S/C25H25N3O5S/c29-24(26-15-18-8-10-21(11-9-18)25(30)31)22-7-3-4-19(14-22)16-27-34(32,33)28-13-12-20-5-1-2-6-23(20)17-28/h1-11,14,27H,12-13,15-17H2,(H,26,29)(H,30,31). The zero-order chi connectivity index (χ0) is 24.1. The third kappa shape index (κ3) is 5.69. The molecule has 0 saturated carbocycles. The molecule has 0 bridgehead atoms. The molecular formula is C25H25N3O5S. The Hall–Kier alpha value is -3.53. The predicted octanol–water partition coefficient (Wildman–Crippen LogP) is 2.71. The lowest BCUT2D eigenvalue weighted by Gasteiger charge is -2.28. The first-order chi connectivity index (χ1) is 16.3. The topological polar surface area (TPSA) is 116 Å². The summed E-state index contributed by atoms with van der Waals surface area (Å²) in [4.78, 5) is 23.5. The number of hydrogen-bond acceptors (Lipinski definition) is 4. The maximum atomic E-state index is 12.8. The molecule has 9 heteroatoms. The number of carbonyl (C=O) groups excluding carboxylic acids is 1. The van der Waals surface area contributed by atoms with E-state index in [-0.39, 0.29) is 24.6 Å². The Morgan fingerprint density at radius 2 is 1.59 bits per heavy atom. The van der Waals surface area contributed by atoms with E-state index in [4.69, 9.17) is 5.11 Å². The molecule has 0 saturated heterocycles. The van der Waals surface area contributed by atoms with E-state index in [1.54, 1.807) is 36.4 Å². The number of carboxylic acids is 1. The first-order valence-electron chi connectivity index (χ1n) is 10.8. The third-order valence-corrected chi connectivity index (χ3v) is 7.24. The molecule has 1 heterocycles. The van der Waals surface area contributed by atoms with E-state index in [9.17, 15) is 18.0 Å². The molecule has 0 aromatic heterocycles. The fourth-order valence-corrected chi connectivity index (χ4v) is 4.99. The average molecular weight is 480 g/mol. The highest BCUT2D eigenvalue weighted by molar-refractivity contribution is 7.87. The van der Waals surface area contributed by atoms with Gasteiger partial charge in [0.05, 0.1) is 5.56 Å². The van der Waals surface area contributed by atoms with Crippen LogP contribution in [0, 0.1) is 0 Å². The molecule has 4 rings (SSSR count). The fraction of sp³-hybridized carbons (Fsp3) is 0.200. The summed E-state index contributed by atoms with van der Waals surface area (Å²) in [6.45, 7) is 1.06. The van der Waals surface area contributed by atoms with Crippen LogP contribution >= 0.6 is 0 Å². The lowest BCUT2D eigenvalue weighted by molar-refractivity contribution is 0.0696. The van der Waals surface area contributed by atoms with E-state index in [1.807, 2.05) is 24.3 Å². The summed E-state index contributed by atoms with van der Waals surface area (Å²) in [5, 5.41) is 11.8. The second-order valence-corrected chi connectivity index (χ2v) is 9.82. The SMILES string of the molecule is O=C(O)c1ccc(CNC(=O)c2cccc(CNS(=O)(=O)N3CCc4ccccc4C3)c2)cc1. The molecule has 1 aliphatic rings. The number of aromatic carboxylic acids is 1. The number of nitrogens with zero attached hydrogens (tertiary/aromatic N) is 1. The van der Waals surface area contributed by atoms with Gasteiger partial charge >= 0.3 is 5.97 Å². The van der Waals surface area contributed by atoms with Gasteiger partial charge in [0.25, 0.3) is 16.1 Å². The van der Waals surface area contributed by atoms with E-state index in [0.717, 1.165) is 11.1 Å². The second kappa shape index (κ2) is 10.2. The molecular weight excluding hydrogens is 454 g/mol. The van der Waals surface area contributed by atoms with Gasteiger partial charge in [0.15, 0.2) is 0 Å². The number of carbonyl (C=O) groups is 2. The fourth-order valence-electron chi connectivity index (χ4n) is 3.81. The molecule has 0 unspecified atom stereocenters. The molecule has 3 aromatic rings. The summed E-state index contributed by atoms with van der Waals surface area (Å²) in [5.74, 6) is -1.31. The van der Waals surface area contributed by atoms with Crippen molar-refractivity contribution >= 4 is 22.1 Å². The van der Waals surface area contributed by atoms with Gasteiger partial charge in [-0.05, 0) is 52.9 Å². The van der Waals surface area contributed by atoms with Gasteiger partial charge in [0.1, 0.15) is 0 Å². The Balaban J connectivity index is 1.34. The average Bonchev–Trinajstić information content (AvgIpc) is 2.86. The van der Waals surface area contributed by atoms with Gasteiger partial charge < -0.3 is 10.4 Å². The Labute approximate surface area is 198 Å². The van der Waals surface area contributed by atoms with E-state index in [1.165, 1.54) is 22.0 Å². The minimum atomic E-state index is -3.67. The minimum Gasteiger partial charge on any atom is -0.478 e. The van der Waals surface area contributed by atoms with Crippen LogP contribution in [0.25, 0.3) is 0 Å². The number of rotatable bonds is 8. The van der Waals surface area contributed by atoms with Crippen LogP contribution in [-0.4, -0.2) is 36.3 Å². The van der Waals surface area contributed by atoms with Crippen molar-refractivity contribution in [2.75, 3.05) is 6.54 Å². The van der Waals surface area contributed by atoms with E-state index < -0.39 is 16.2 Å². The van der Waals surface area contributed by atoms with Crippen molar-refractivity contribution in [1.29, 1.82) is 0 Å². The van der Waals surface area contributed by atoms with Crippen LogP contribution in [0.5, 0.6) is 0 Å². The van der Waals surface area contributed by atoms with Crippen LogP contribution in [0.15, 0.2) is 72.8 Å². The molecule has 1 aliphatic heterocycles. The van der Waals surface area contributed by atoms with Crippen molar-refractivity contribution in [3.05, 3.63) is 106 Å². The number of carboxylic acid groups (broad SMARTS) is 1. The molecule has 0 atom stereocenters. The maximum Gasteiger partial charge on any atom is 0.335 e. The number of fused-ring (bicyclic) bond motifs is 1. The molecule has 8 nitrogen and oxygen atoms in total. The van der Waals surface area contributed by atoms with Crippen LogP contribution in [0.1, 0.15) is 43.0 Å². The summed E-state index contributed by atoms with van der Waals surface area (Å²) < 4.78 is 29.7. The summed E-state index contributed by atoms with van der Waals surface area (Å²) in [6.07, 6.45) is 0.672. The van der Waals surface area contributed by atoms with Crippen LogP contribution in [0.4, 0.5) is 0 Å². The number of benzene rings is 3. The molecule has 3 N–H and O–H groups in total. The summed E-state index contributed by atoms with van der Waals surface area (Å²) in [5.41, 5.74) is 4.20. The smallest absolute Gasteiger partial charge is 0.335 e. The molecule has 176 valence electrons. The Morgan fingerprint density at radius 1 is 0.853 bits per heavy atom. The monoisotopic (exact) mass is 479 g/mol. The molecule has 3 aromatic carbocycles. The predicted molar refractivity (Wildman–Crippen MR) is 127 cm³/mol. The summed E-state index contributed by atoms with van der Waals surface area (Å²) in [7, 11) is -3.67. The van der Waals surface area contributed by atoms with Crippen LogP contribution in [-0.2, 0) is 36.3 Å². The van der Waals surface area contributed by atoms with Crippen molar-refractivity contribution in [2.24, 2.45) is 0 Å². The van der Waals surface area contributed by atoms with Crippen molar-refractivity contribution in [2.45, 2.75) is 26.1 Å². The van der Waals surface area contributed by atoms with Gasteiger partial charge in [-0.1, -0.05) is 48.5 Å². The Bertz CT molecular complexity index is 1310. The molecule has 0 aliphatic carbocycles. The highest BCUT2D eigenvalue weighted by Crippen LogP contribution is 2.20. The number of hydrogen-bond donors (Lipinski definition) is 3. The second-order valence-electron chi connectivity index (χ2n) is 8.06. The zero-order valence-corrected chi connectivity index (χ0v) is 19.2. The lowest BCUT2D eigenvalue weighted by Crippen LogP contribution is -2.43. The first kappa shape index (κ1) is 23.6. The normalized spacial score (nSPS) is 13.8. The van der Waals surface area contributed by atoms with Crippen molar-refractivity contribution in [3.63, 3.8) is 0 Å². The summed E-state index contributed by atoms with van der Waals surface area (Å²) in [6, 6.07) is 20.9. The molecule has 0 fully saturated rings. The molecule has 0 radical (unpaired) electrons. The number of amides is 1. The van der Waals surface area contributed by atoms with Crippen LogP contribution in [0.3, 0.4) is 0 Å². The van der Waals surface area contributed by atoms with Gasteiger partial charge in [-0.2, -0.15) is 17.4 Å². The first-order valence-corrected chi connectivity index (χ1v) is 12.3. The lowest BCUT2D eigenvalue weighted by atomic mass is 10.0. The maximum absolute atomic E-state index is 12.8. The van der Waals surface area contributed by atoms with Crippen LogP contribution < -0.4 is 10.0 Å². The minimum absolute atomic E-state index is 0.0677. The van der Waals surface area contributed by atoms with Gasteiger partial charge in [-0.3, -0.25) is 4.79 Å². The Morgan fingerprint density at radius 3 is 2.32 bits per heavy atom. The van der Waals surface area contributed by atoms with Crippen LogP contribution in [0.2, 0.25) is 0 Å². The largest absolute Gasteiger partial charge is 0.478 e. The quantitative estimate of drug-likeness (QED) is 0.459. The zero-order valence-electron chi connectivity index (χ0n) is 18.4. The van der Waals surface area contributed by atoms with Gasteiger partial charge in [0.2, 0.25) is 0 Å². The molecule has 34 heavy (non-hydrogen) atoms. The van der Waals surface area contributed by atoms with Gasteiger partial charge in [-0.15, -0.1) is 0 Å². The van der Waals surface area contributed by atoms with Crippen molar-refractivity contribution < 1.29 is 23.1 Å². The summed E-state index contributed by atoms with van der Waals surface area (Å²) >= 11 is 0. The van der Waals surface area contributed by atoms with Gasteiger partial charge in [0, 0.05) is 31.7 Å². The van der Waals surface area contributed by atoms with E-state index >= 15 is 0 Å². The van der Waals surface area contributed by atoms with Crippen molar-refractivity contribution in [3.8, 4) is 0 Å². The van der Waals surface area contributed by atoms with Gasteiger partial charge in [-0.25, -0.2) is 4.79 Å². The molecule has 1 amide bonds.